The van der Waals surface area contributed by atoms with Crippen LogP contribution in [0.3, 0.4) is 0 Å². The molecule has 0 bridgehead atoms. The molecule has 14 heteroatoms. The largest absolute Gasteiger partial charge is 0.522 e. The van der Waals surface area contributed by atoms with E-state index in [4.69, 9.17) is 39.5 Å². The minimum Gasteiger partial charge on any atom is -0.415 e. The van der Waals surface area contributed by atoms with Gasteiger partial charge in [-0.2, -0.15) is 17.9 Å². The van der Waals surface area contributed by atoms with Crippen molar-refractivity contribution in [3.05, 3.63) is 84.8 Å². The van der Waals surface area contributed by atoms with Gasteiger partial charge in [0.1, 0.15) is 23.6 Å². The van der Waals surface area contributed by atoms with Crippen molar-refractivity contribution in [2.24, 2.45) is 0 Å². The SMILES string of the molecule is Cc1cc(C)c(C)c(S(=O)(=O)N2CCC([N+]3(C4CCN(S(=O)(=O)c5ccc(Cl)c(Cl)c5Cl)CC4)C(=O)OCc4cccc(C)c43)CC2)c1C. The lowest BCUT2D eigenvalue weighted by Gasteiger charge is -2.52. The molecular weight excluding hydrogens is 729 g/mol. The van der Waals surface area contributed by atoms with E-state index in [0.717, 1.165) is 39.1 Å². The van der Waals surface area contributed by atoms with E-state index in [1.54, 1.807) is 4.31 Å². The standard InChI is InChI=1S/C35H41Cl3N3O6S2/c1-21-7-6-8-26-20-47-35(42)41(33(21)26,27-11-15-39(16-12-27)48(43,44)30-10-9-29(36)31(37)32(30)38)28-13-17-40(18-14-28)49(45,46)34-24(4)22(2)19-23(3)25(34)5/h6-10,19,27-28H,11-18,20H2,1-5H3/q+1. The van der Waals surface area contributed by atoms with Crippen molar-refractivity contribution in [3.63, 3.8) is 0 Å². The zero-order valence-electron chi connectivity index (χ0n) is 28.2. The van der Waals surface area contributed by atoms with Crippen LogP contribution in [0.15, 0.2) is 46.2 Å². The molecule has 3 aliphatic heterocycles. The summed E-state index contributed by atoms with van der Waals surface area (Å²) in [7, 11) is -7.81. The summed E-state index contributed by atoms with van der Waals surface area (Å²) >= 11 is 18.6. The Morgan fingerprint density at radius 3 is 1.80 bits per heavy atom. The van der Waals surface area contributed by atoms with Gasteiger partial charge in [0.05, 0.1) is 25.5 Å². The summed E-state index contributed by atoms with van der Waals surface area (Å²) < 4.78 is 64.7. The number of cyclic esters (lactones) is 1. The Kier molecular flexibility index (Phi) is 10.00. The summed E-state index contributed by atoms with van der Waals surface area (Å²) in [5.74, 6) is 0. The number of para-hydroxylation sites is 1. The van der Waals surface area contributed by atoms with Crippen LogP contribution in [0, 0.1) is 34.6 Å². The number of quaternary nitrogens is 1. The average Bonchev–Trinajstić information content (AvgIpc) is 3.07. The first-order chi connectivity index (χ1) is 23.0. The van der Waals surface area contributed by atoms with Gasteiger partial charge in [0.25, 0.3) is 0 Å². The van der Waals surface area contributed by atoms with Crippen LogP contribution in [0.25, 0.3) is 0 Å². The number of hydrogen-bond acceptors (Lipinski definition) is 6. The second-order valence-corrected chi connectivity index (χ2v) is 18.4. The fourth-order valence-corrected chi connectivity index (χ4v) is 12.7. The third-order valence-corrected chi connectivity index (χ3v) is 16.4. The highest BCUT2D eigenvalue weighted by Crippen LogP contribution is 2.47. The number of carbonyl (C=O) groups is 1. The Balaban J connectivity index is 1.33. The topological polar surface area (TPSA) is 101 Å². The van der Waals surface area contributed by atoms with E-state index in [1.807, 2.05) is 58.9 Å². The number of carbonyl (C=O) groups excluding carboxylic acids is 1. The highest BCUT2D eigenvalue weighted by atomic mass is 35.5. The summed E-state index contributed by atoms with van der Waals surface area (Å²) in [5, 5.41) is 0.00607. The molecule has 0 saturated carbocycles. The number of fused-ring (bicyclic) bond motifs is 1. The van der Waals surface area contributed by atoms with Crippen LogP contribution in [0.2, 0.25) is 15.1 Å². The maximum absolute atomic E-state index is 14.3. The van der Waals surface area contributed by atoms with Gasteiger partial charge in [0, 0.05) is 57.4 Å². The number of rotatable bonds is 6. The first kappa shape index (κ1) is 36.6. The van der Waals surface area contributed by atoms with E-state index < -0.39 is 20.0 Å². The first-order valence-electron chi connectivity index (χ1n) is 16.4. The summed E-state index contributed by atoms with van der Waals surface area (Å²) in [6, 6.07) is 10.1. The van der Waals surface area contributed by atoms with Crippen molar-refractivity contribution >= 4 is 66.6 Å². The van der Waals surface area contributed by atoms with Crippen LogP contribution in [0.4, 0.5) is 10.5 Å². The molecule has 0 radical (unpaired) electrons. The van der Waals surface area contributed by atoms with Gasteiger partial charge in [-0.1, -0.05) is 53.0 Å². The summed E-state index contributed by atoms with van der Waals surface area (Å²) in [6.07, 6.45) is 1.24. The predicted molar refractivity (Wildman–Crippen MR) is 194 cm³/mol. The molecule has 3 aliphatic rings. The van der Waals surface area contributed by atoms with Crippen molar-refractivity contribution in [2.75, 3.05) is 26.2 Å². The van der Waals surface area contributed by atoms with Crippen LogP contribution in [-0.2, 0) is 31.4 Å². The normalized spacial score (nSPS) is 21.8. The number of sulfonamides is 2. The molecule has 3 aromatic rings. The minimum absolute atomic E-state index is 0.0249. The number of ether oxygens (including phenoxy) is 1. The van der Waals surface area contributed by atoms with Crippen molar-refractivity contribution in [3.8, 4) is 0 Å². The molecular formula is C35H41Cl3N3O6S2+. The molecule has 6 rings (SSSR count). The molecule has 3 heterocycles. The number of aryl methyl sites for hydroxylation is 3. The zero-order valence-corrected chi connectivity index (χ0v) is 32.1. The zero-order chi connectivity index (χ0) is 35.6. The second kappa shape index (κ2) is 13.4. The van der Waals surface area contributed by atoms with Crippen LogP contribution in [0.5, 0.6) is 0 Å². The fraction of sp³-hybridized carbons (Fsp3) is 0.457. The van der Waals surface area contributed by atoms with Gasteiger partial charge >= 0.3 is 6.09 Å². The van der Waals surface area contributed by atoms with Crippen LogP contribution in [0.1, 0.15) is 59.1 Å². The highest BCUT2D eigenvalue weighted by molar-refractivity contribution is 7.89. The first-order valence-corrected chi connectivity index (χ1v) is 20.4. The molecule has 0 aliphatic carbocycles. The Morgan fingerprint density at radius 2 is 1.24 bits per heavy atom. The van der Waals surface area contributed by atoms with Crippen LogP contribution >= 0.6 is 34.8 Å². The van der Waals surface area contributed by atoms with Gasteiger partial charge in [0.2, 0.25) is 20.0 Å². The predicted octanol–water partition coefficient (Wildman–Crippen LogP) is 7.85. The molecule has 0 aromatic heterocycles. The molecule has 49 heavy (non-hydrogen) atoms. The van der Waals surface area contributed by atoms with Gasteiger partial charge in [-0.3, -0.25) is 0 Å². The molecule has 3 aromatic carbocycles. The number of hydrogen-bond donors (Lipinski definition) is 0. The van der Waals surface area contributed by atoms with Gasteiger partial charge in [-0.15, -0.1) is 0 Å². The van der Waals surface area contributed by atoms with Crippen molar-refractivity contribution in [1.29, 1.82) is 0 Å². The van der Waals surface area contributed by atoms with E-state index >= 15 is 0 Å². The smallest absolute Gasteiger partial charge is 0.415 e. The lowest BCUT2D eigenvalue weighted by molar-refractivity contribution is 0.0267. The van der Waals surface area contributed by atoms with E-state index in [1.165, 1.54) is 16.4 Å². The molecule has 0 N–H and O–H groups in total. The number of halogens is 3. The van der Waals surface area contributed by atoms with E-state index in [-0.39, 0.29) is 75.4 Å². The van der Waals surface area contributed by atoms with Gasteiger partial charge in [-0.05, 0) is 75.1 Å². The Bertz CT molecular complexity index is 2030. The summed E-state index contributed by atoms with van der Waals surface area (Å²) in [6.45, 7) is 10.5. The summed E-state index contributed by atoms with van der Waals surface area (Å²) in [5.41, 5.74) is 6.11. The van der Waals surface area contributed by atoms with Gasteiger partial charge < -0.3 is 4.74 Å². The molecule has 264 valence electrons. The quantitative estimate of drug-likeness (QED) is 0.187. The lowest BCUT2D eigenvalue weighted by Crippen LogP contribution is -2.71. The number of benzene rings is 3. The summed E-state index contributed by atoms with van der Waals surface area (Å²) in [4.78, 5) is 14.6. The molecule has 1 atom stereocenters. The highest BCUT2D eigenvalue weighted by Gasteiger charge is 2.59. The Morgan fingerprint density at radius 1 is 0.714 bits per heavy atom. The number of nitrogens with zero attached hydrogens (tertiary/aromatic N) is 3. The minimum atomic E-state index is -4.01. The Hall–Kier alpha value is -2.22. The van der Waals surface area contributed by atoms with Gasteiger partial charge in [0.15, 0.2) is 5.69 Å². The third-order valence-electron chi connectivity index (χ3n) is 10.9. The second-order valence-electron chi connectivity index (χ2n) is 13.4. The molecule has 2 saturated heterocycles. The monoisotopic (exact) mass is 768 g/mol. The van der Waals surface area contributed by atoms with Gasteiger partial charge in [-0.25, -0.2) is 16.8 Å². The van der Waals surface area contributed by atoms with Crippen molar-refractivity contribution < 1.29 is 26.4 Å². The number of piperidine rings is 2. The Labute approximate surface area is 304 Å². The number of amides is 1. The van der Waals surface area contributed by atoms with Crippen molar-refractivity contribution in [1.82, 2.24) is 13.1 Å². The average molecular weight is 770 g/mol. The van der Waals surface area contributed by atoms with E-state index in [0.29, 0.717) is 30.6 Å². The maximum Gasteiger partial charge on any atom is 0.522 e. The molecule has 2 fully saturated rings. The van der Waals surface area contributed by atoms with E-state index in [9.17, 15) is 21.6 Å². The molecule has 9 nitrogen and oxygen atoms in total. The molecule has 1 amide bonds. The van der Waals surface area contributed by atoms with Crippen molar-refractivity contribution in [2.45, 2.75) is 88.8 Å². The van der Waals surface area contributed by atoms with Crippen LogP contribution < -0.4 is 4.48 Å². The fourth-order valence-electron chi connectivity index (χ4n) is 8.19. The molecule has 1 unspecified atom stereocenters. The lowest BCUT2D eigenvalue weighted by atomic mass is 9.89. The third kappa shape index (κ3) is 5.92. The maximum atomic E-state index is 14.3. The van der Waals surface area contributed by atoms with Crippen LogP contribution in [-0.4, -0.2) is 69.8 Å². The van der Waals surface area contributed by atoms with E-state index in [2.05, 4.69) is 0 Å². The molecule has 0 spiro atoms.